The molecule has 5 heteroatoms. The molecule has 0 bridgehead atoms. The number of carbonyl (C=O) groups excluding carboxylic acids is 1. The molecule has 1 fully saturated rings. The zero-order valence-corrected chi connectivity index (χ0v) is 19.4. The fourth-order valence-electron chi connectivity index (χ4n) is 5.35. The molecule has 2 aliphatic heterocycles. The number of hydrogen-bond donors (Lipinski definition) is 0. The minimum atomic E-state index is -0.229. The second-order valence-corrected chi connectivity index (χ2v) is 9.75. The van der Waals surface area contributed by atoms with Crippen molar-refractivity contribution in [1.29, 1.82) is 0 Å². The summed E-state index contributed by atoms with van der Waals surface area (Å²) >= 11 is 6.15. The Morgan fingerprint density at radius 2 is 1.70 bits per heavy atom. The third kappa shape index (κ3) is 4.68. The average molecular weight is 463 g/mol. The van der Waals surface area contributed by atoms with Gasteiger partial charge in [0.1, 0.15) is 5.82 Å². The van der Waals surface area contributed by atoms with Gasteiger partial charge < -0.3 is 4.90 Å². The van der Waals surface area contributed by atoms with Crippen LogP contribution in [-0.4, -0.2) is 30.4 Å². The van der Waals surface area contributed by atoms with Crippen molar-refractivity contribution in [3.63, 3.8) is 0 Å². The van der Waals surface area contributed by atoms with E-state index < -0.39 is 0 Å². The van der Waals surface area contributed by atoms with Crippen molar-refractivity contribution < 1.29 is 9.18 Å². The van der Waals surface area contributed by atoms with Crippen molar-refractivity contribution in [3.05, 3.63) is 100 Å². The van der Waals surface area contributed by atoms with Gasteiger partial charge in [0.15, 0.2) is 0 Å². The highest BCUT2D eigenvalue weighted by molar-refractivity contribution is 6.30. The summed E-state index contributed by atoms with van der Waals surface area (Å²) in [7, 11) is 0. The van der Waals surface area contributed by atoms with E-state index in [2.05, 4.69) is 23.1 Å². The smallest absolute Gasteiger partial charge is 0.227 e. The number of carbonyl (C=O) groups is 1. The van der Waals surface area contributed by atoms with Crippen molar-refractivity contribution in [3.8, 4) is 0 Å². The van der Waals surface area contributed by atoms with E-state index in [1.54, 1.807) is 12.1 Å². The van der Waals surface area contributed by atoms with Crippen molar-refractivity contribution in [2.45, 2.75) is 37.6 Å². The Morgan fingerprint density at radius 1 is 0.939 bits per heavy atom. The van der Waals surface area contributed by atoms with E-state index >= 15 is 0 Å². The maximum absolute atomic E-state index is 14.3. The minimum Gasteiger partial charge on any atom is -0.311 e. The van der Waals surface area contributed by atoms with Gasteiger partial charge in [-0.05, 0) is 79.4 Å². The summed E-state index contributed by atoms with van der Waals surface area (Å²) in [6.45, 7) is 3.32. The molecule has 0 saturated carbocycles. The Hall–Kier alpha value is -2.69. The lowest BCUT2D eigenvalue weighted by Crippen LogP contribution is -2.45. The highest BCUT2D eigenvalue weighted by atomic mass is 35.5. The molecule has 33 heavy (non-hydrogen) atoms. The summed E-state index contributed by atoms with van der Waals surface area (Å²) in [6.07, 6.45) is 2.99. The zero-order valence-electron chi connectivity index (χ0n) is 18.6. The monoisotopic (exact) mass is 462 g/mol. The van der Waals surface area contributed by atoms with Crippen LogP contribution in [0.15, 0.2) is 72.8 Å². The van der Waals surface area contributed by atoms with Gasteiger partial charge in [0.2, 0.25) is 5.91 Å². The number of nitrogens with zero attached hydrogens (tertiary/aromatic N) is 2. The van der Waals surface area contributed by atoms with E-state index in [0.717, 1.165) is 54.3 Å². The number of aryl methyl sites for hydroxylation is 1. The van der Waals surface area contributed by atoms with Crippen LogP contribution in [0.1, 0.15) is 36.0 Å². The quantitative estimate of drug-likeness (QED) is 0.464. The van der Waals surface area contributed by atoms with E-state index in [0.29, 0.717) is 19.4 Å². The average Bonchev–Trinajstić information content (AvgIpc) is 3.13. The first-order valence-electron chi connectivity index (χ1n) is 11.6. The van der Waals surface area contributed by atoms with Crippen molar-refractivity contribution in [2.75, 3.05) is 24.5 Å². The molecule has 0 radical (unpaired) electrons. The third-order valence-corrected chi connectivity index (χ3v) is 7.40. The normalized spacial score (nSPS) is 17.3. The van der Waals surface area contributed by atoms with Crippen molar-refractivity contribution in [1.82, 2.24) is 4.90 Å². The Labute approximate surface area is 199 Å². The van der Waals surface area contributed by atoms with Crippen LogP contribution >= 0.6 is 11.6 Å². The first-order valence-corrected chi connectivity index (χ1v) is 12.0. The molecule has 0 aliphatic carbocycles. The molecule has 0 atom stereocenters. The van der Waals surface area contributed by atoms with Crippen molar-refractivity contribution in [2.24, 2.45) is 0 Å². The lowest BCUT2D eigenvalue weighted by Gasteiger charge is -2.40. The summed E-state index contributed by atoms with van der Waals surface area (Å²) in [5.41, 5.74) is 4.07. The molecule has 0 aromatic heterocycles. The molecule has 0 unspecified atom stereocenters. The minimum absolute atomic E-state index is 0.116. The number of likely N-dealkylation sites (tertiary alicyclic amines) is 1. The topological polar surface area (TPSA) is 23.6 Å². The standard InChI is InChI=1S/C28H28ClFN2O/c29-23-8-4-7-22(17-23)19-31-15-13-28(14-16-31)20-32(26-11-10-24(30)18-25(26)28)27(33)12-9-21-5-2-1-3-6-21/h1-8,10-11,17-18H,9,12-16,19-20H2. The van der Waals surface area contributed by atoms with E-state index in [1.165, 1.54) is 11.6 Å². The van der Waals surface area contributed by atoms with Crippen LogP contribution in [0.4, 0.5) is 10.1 Å². The van der Waals surface area contributed by atoms with Gasteiger partial charge in [0.05, 0.1) is 0 Å². The van der Waals surface area contributed by atoms with Crippen LogP contribution in [-0.2, 0) is 23.2 Å². The van der Waals surface area contributed by atoms with Gasteiger partial charge in [-0.2, -0.15) is 0 Å². The van der Waals surface area contributed by atoms with Gasteiger partial charge >= 0.3 is 0 Å². The van der Waals surface area contributed by atoms with E-state index in [-0.39, 0.29) is 17.1 Å². The Balaban J connectivity index is 1.30. The fourth-order valence-corrected chi connectivity index (χ4v) is 5.57. The van der Waals surface area contributed by atoms with Gasteiger partial charge in [-0.3, -0.25) is 9.69 Å². The second kappa shape index (κ2) is 9.28. The summed E-state index contributed by atoms with van der Waals surface area (Å²) in [5.74, 6) is -0.113. The zero-order chi connectivity index (χ0) is 22.8. The van der Waals surface area contributed by atoms with Crippen molar-refractivity contribution >= 4 is 23.2 Å². The van der Waals surface area contributed by atoms with E-state index in [9.17, 15) is 9.18 Å². The predicted molar refractivity (Wildman–Crippen MR) is 131 cm³/mol. The molecule has 2 aliphatic rings. The predicted octanol–water partition coefficient (Wildman–Crippen LogP) is 5.99. The molecule has 2 heterocycles. The Morgan fingerprint density at radius 3 is 2.45 bits per heavy atom. The van der Waals surface area contributed by atoms with Crippen LogP contribution < -0.4 is 4.90 Å². The molecule has 1 spiro atoms. The van der Waals surface area contributed by atoms with Gasteiger partial charge in [-0.15, -0.1) is 0 Å². The molecule has 3 nitrogen and oxygen atoms in total. The molecular weight excluding hydrogens is 435 g/mol. The lowest BCUT2D eigenvalue weighted by molar-refractivity contribution is -0.118. The molecule has 3 aromatic rings. The molecule has 5 rings (SSSR count). The van der Waals surface area contributed by atoms with Gasteiger partial charge in [0, 0.05) is 35.6 Å². The van der Waals surface area contributed by atoms with Gasteiger partial charge in [-0.1, -0.05) is 54.1 Å². The molecule has 170 valence electrons. The lowest BCUT2D eigenvalue weighted by atomic mass is 9.74. The van der Waals surface area contributed by atoms with E-state index in [4.69, 9.17) is 11.6 Å². The van der Waals surface area contributed by atoms with Gasteiger partial charge in [0.25, 0.3) is 0 Å². The van der Waals surface area contributed by atoms with Crippen LogP contribution in [0.5, 0.6) is 0 Å². The van der Waals surface area contributed by atoms with Crippen LogP contribution in [0.2, 0.25) is 5.02 Å². The number of rotatable bonds is 5. The fraction of sp³-hybridized carbons (Fsp3) is 0.321. The number of amides is 1. The maximum Gasteiger partial charge on any atom is 0.227 e. The Kier molecular flexibility index (Phi) is 6.22. The molecule has 3 aromatic carbocycles. The third-order valence-electron chi connectivity index (χ3n) is 7.16. The first-order chi connectivity index (χ1) is 16.0. The number of halogens is 2. The number of fused-ring (bicyclic) bond motifs is 2. The maximum atomic E-state index is 14.3. The van der Waals surface area contributed by atoms with Gasteiger partial charge in [-0.25, -0.2) is 4.39 Å². The number of anilines is 1. The second-order valence-electron chi connectivity index (χ2n) is 9.31. The summed E-state index contributed by atoms with van der Waals surface area (Å²) < 4.78 is 14.3. The largest absolute Gasteiger partial charge is 0.311 e. The molecule has 1 amide bonds. The first kappa shape index (κ1) is 22.1. The number of benzene rings is 3. The number of piperidine rings is 1. The van der Waals surface area contributed by atoms with E-state index in [1.807, 2.05) is 41.3 Å². The SMILES string of the molecule is O=C(CCc1ccccc1)N1CC2(CCN(Cc3cccc(Cl)c3)CC2)c2cc(F)ccc21. The molecule has 1 saturated heterocycles. The Bertz CT molecular complexity index is 1140. The molecular formula is C28H28ClFN2O. The number of hydrogen-bond acceptors (Lipinski definition) is 2. The highest BCUT2D eigenvalue weighted by Crippen LogP contribution is 2.47. The summed E-state index contributed by atoms with van der Waals surface area (Å²) in [6, 6.07) is 23.0. The highest BCUT2D eigenvalue weighted by Gasteiger charge is 2.46. The van der Waals surface area contributed by atoms with Crippen LogP contribution in [0, 0.1) is 5.82 Å². The summed E-state index contributed by atoms with van der Waals surface area (Å²) in [5, 5.41) is 0.755. The molecule has 0 N–H and O–H groups in total. The summed E-state index contributed by atoms with van der Waals surface area (Å²) in [4.78, 5) is 17.6. The van der Waals surface area contributed by atoms with Crippen LogP contribution in [0.25, 0.3) is 0 Å². The van der Waals surface area contributed by atoms with Crippen LogP contribution in [0.3, 0.4) is 0 Å².